The Bertz CT molecular complexity index is 1270. The second-order valence-corrected chi connectivity index (χ2v) is 11.4. The van der Waals surface area contributed by atoms with E-state index in [9.17, 15) is 4.79 Å². The van der Waals surface area contributed by atoms with Crippen LogP contribution in [-0.2, 0) is 0 Å². The monoisotopic (exact) mass is 530 g/mol. The fraction of sp³-hybridized carbons (Fsp3) is 0.324. The van der Waals surface area contributed by atoms with Gasteiger partial charge in [-0.3, -0.25) is 0 Å². The maximum atomic E-state index is 12.4. The summed E-state index contributed by atoms with van der Waals surface area (Å²) in [5, 5.41) is 0. The van der Waals surface area contributed by atoms with E-state index in [1.54, 1.807) is 0 Å². The van der Waals surface area contributed by atoms with Crippen LogP contribution in [0.1, 0.15) is 87.2 Å². The fourth-order valence-electron chi connectivity index (χ4n) is 6.41. The summed E-state index contributed by atoms with van der Waals surface area (Å²) in [4.78, 5) is 12.4. The fourth-order valence-corrected chi connectivity index (χ4v) is 6.41. The van der Waals surface area contributed by atoms with Gasteiger partial charge in [0.1, 0.15) is 11.5 Å². The lowest BCUT2D eigenvalue weighted by Gasteiger charge is -2.22. The summed E-state index contributed by atoms with van der Waals surface area (Å²) in [5.74, 6) is 2.33. The van der Waals surface area contributed by atoms with E-state index in [0.717, 1.165) is 22.3 Å². The third-order valence-corrected chi connectivity index (χ3v) is 8.75. The lowest BCUT2D eigenvalue weighted by molar-refractivity contribution is 0.152. The Morgan fingerprint density at radius 1 is 0.425 bits per heavy atom. The zero-order chi connectivity index (χ0) is 27.1. The molecule has 0 amide bonds. The molecule has 0 bridgehead atoms. The van der Waals surface area contributed by atoms with E-state index >= 15 is 0 Å². The highest BCUT2D eigenvalue weighted by molar-refractivity contribution is 5.70. The molecule has 2 aliphatic carbocycles. The zero-order valence-electron chi connectivity index (χ0n) is 23.2. The van der Waals surface area contributed by atoms with Crippen molar-refractivity contribution >= 4 is 6.16 Å². The van der Waals surface area contributed by atoms with E-state index in [4.69, 9.17) is 9.47 Å². The van der Waals surface area contributed by atoms with Crippen LogP contribution in [0.15, 0.2) is 97.1 Å². The van der Waals surface area contributed by atoms with Crippen molar-refractivity contribution in [3.63, 3.8) is 0 Å². The quantitative estimate of drug-likeness (QED) is 0.184. The van der Waals surface area contributed by atoms with Gasteiger partial charge in [0.05, 0.1) is 0 Å². The molecule has 0 aliphatic heterocycles. The van der Waals surface area contributed by atoms with Crippen molar-refractivity contribution in [2.45, 2.75) is 76.0 Å². The zero-order valence-corrected chi connectivity index (χ0v) is 23.2. The van der Waals surface area contributed by atoms with Gasteiger partial charge >= 0.3 is 6.16 Å². The smallest absolute Gasteiger partial charge is 0.395 e. The summed E-state index contributed by atoms with van der Waals surface area (Å²) < 4.78 is 10.9. The van der Waals surface area contributed by atoms with Crippen molar-refractivity contribution in [1.29, 1.82) is 0 Å². The average Bonchev–Trinajstić information content (AvgIpc) is 3.03. The number of hydrogen-bond donors (Lipinski definition) is 0. The largest absolute Gasteiger partial charge is 0.519 e. The first kappa shape index (κ1) is 26.4. The third-order valence-electron chi connectivity index (χ3n) is 8.75. The highest BCUT2D eigenvalue weighted by Gasteiger charge is 2.16. The Morgan fingerprint density at radius 3 is 1.05 bits per heavy atom. The maximum absolute atomic E-state index is 12.4. The Morgan fingerprint density at radius 2 is 0.725 bits per heavy atom. The first-order valence-corrected chi connectivity index (χ1v) is 15.0. The van der Waals surface area contributed by atoms with Gasteiger partial charge in [-0.25, -0.2) is 4.79 Å². The molecular formula is C37H38O3. The molecule has 40 heavy (non-hydrogen) atoms. The van der Waals surface area contributed by atoms with Crippen molar-refractivity contribution in [3.8, 4) is 33.8 Å². The number of benzene rings is 4. The molecule has 2 fully saturated rings. The van der Waals surface area contributed by atoms with Gasteiger partial charge in [-0.1, -0.05) is 111 Å². The normalized spacial score (nSPS) is 16.4. The highest BCUT2D eigenvalue weighted by atomic mass is 16.7. The molecule has 2 saturated carbocycles. The van der Waals surface area contributed by atoms with Crippen molar-refractivity contribution in [2.24, 2.45) is 0 Å². The van der Waals surface area contributed by atoms with Crippen molar-refractivity contribution < 1.29 is 14.3 Å². The number of carbonyl (C=O) groups is 1. The predicted molar refractivity (Wildman–Crippen MR) is 162 cm³/mol. The van der Waals surface area contributed by atoms with E-state index in [1.165, 1.54) is 75.3 Å². The summed E-state index contributed by atoms with van der Waals surface area (Å²) in [6.45, 7) is 0. The molecule has 0 unspecified atom stereocenters. The molecule has 6 rings (SSSR count). The maximum Gasteiger partial charge on any atom is 0.519 e. The molecule has 0 radical (unpaired) electrons. The van der Waals surface area contributed by atoms with Crippen LogP contribution in [0.4, 0.5) is 4.79 Å². The van der Waals surface area contributed by atoms with E-state index < -0.39 is 6.16 Å². The molecule has 204 valence electrons. The summed E-state index contributed by atoms with van der Waals surface area (Å²) in [6, 6.07) is 33.0. The highest BCUT2D eigenvalue weighted by Crippen LogP contribution is 2.35. The van der Waals surface area contributed by atoms with Gasteiger partial charge < -0.3 is 9.47 Å². The molecule has 2 aliphatic rings. The van der Waals surface area contributed by atoms with E-state index in [2.05, 4.69) is 48.5 Å². The first-order chi connectivity index (χ1) is 19.7. The van der Waals surface area contributed by atoms with Crippen molar-refractivity contribution in [1.82, 2.24) is 0 Å². The van der Waals surface area contributed by atoms with Crippen LogP contribution in [-0.4, -0.2) is 6.16 Å². The summed E-state index contributed by atoms with van der Waals surface area (Å²) in [7, 11) is 0. The van der Waals surface area contributed by atoms with Crippen LogP contribution in [0.2, 0.25) is 0 Å². The Kier molecular flexibility index (Phi) is 8.28. The molecule has 0 spiro atoms. The van der Waals surface area contributed by atoms with Crippen LogP contribution >= 0.6 is 0 Å². The van der Waals surface area contributed by atoms with Gasteiger partial charge in [-0.2, -0.15) is 0 Å². The minimum Gasteiger partial charge on any atom is -0.395 e. The average molecular weight is 531 g/mol. The lowest BCUT2D eigenvalue weighted by atomic mass is 9.84. The molecule has 4 aromatic rings. The number of carbonyl (C=O) groups excluding carboxylic acids is 1. The van der Waals surface area contributed by atoms with Crippen LogP contribution < -0.4 is 9.47 Å². The van der Waals surface area contributed by atoms with Crippen LogP contribution in [0, 0.1) is 0 Å². The second kappa shape index (κ2) is 12.6. The molecular weight excluding hydrogens is 492 g/mol. The van der Waals surface area contributed by atoms with Gasteiger partial charge in [-0.05, 0) is 95.2 Å². The topological polar surface area (TPSA) is 35.5 Å². The molecule has 0 saturated heterocycles. The van der Waals surface area contributed by atoms with Gasteiger partial charge in [0.2, 0.25) is 0 Å². The molecule has 0 aromatic heterocycles. The van der Waals surface area contributed by atoms with Gasteiger partial charge in [0, 0.05) is 0 Å². The lowest BCUT2D eigenvalue weighted by Crippen LogP contribution is -2.13. The SMILES string of the molecule is O=C(Oc1ccc(-c2ccc(C3CCCCC3)cc2)cc1)Oc1ccc(-c2ccc(C3CCCCC3)cc2)cc1. The summed E-state index contributed by atoms with van der Waals surface area (Å²) in [5.41, 5.74) is 7.42. The second-order valence-electron chi connectivity index (χ2n) is 11.4. The minimum absolute atomic E-state index is 0.460. The Hall–Kier alpha value is -3.85. The van der Waals surface area contributed by atoms with Crippen molar-refractivity contribution in [3.05, 3.63) is 108 Å². The van der Waals surface area contributed by atoms with Crippen LogP contribution in [0.25, 0.3) is 22.3 Å². The molecule has 3 heteroatoms. The van der Waals surface area contributed by atoms with E-state index in [-0.39, 0.29) is 0 Å². The first-order valence-electron chi connectivity index (χ1n) is 15.0. The van der Waals surface area contributed by atoms with E-state index in [0.29, 0.717) is 23.3 Å². The molecule has 4 aromatic carbocycles. The Labute approximate surface area is 238 Å². The number of hydrogen-bond acceptors (Lipinski definition) is 3. The number of rotatable bonds is 6. The minimum atomic E-state index is -0.742. The number of ether oxygens (including phenoxy) is 2. The van der Waals surface area contributed by atoms with Crippen LogP contribution in [0.3, 0.4) is 0 Å². The third kappa shape index (κ3) is 6.47. The van der Waals surface area contributed by atoms with Crippen molar-refractivity contribution in [2.75, 3.05) is 0 Å². The van der Waals surface area contributed by atoms with Gasteiger partial charge in [0.25, 0.3) is 0 Å². The molecule has 0 N–H and O–H groups in total. The standard InChI is InChI=1S/C37H38O3/c38-37(39-35-23-19-33(20-24-35)31-15-11-29(12-16-31)27-7-3-1-4-8-27)40-36-25-21-34(22-26-36)32-17-13-30(14-18-32)28-9-5-2-6-10-28/h11-28H,1-10H2. The van der Waals surface area contributed by atoms with E-state index in [1.807, 2.05) is 48.5 Å². The van der Waals surface area contributed by atoms with Crippen LogP contribution in [0.5, 0.6) is 11.5 Å². The predicted octanol–water partition coefficient (Wildman–Crippen LogP) is 10.7. The summed E-state index contributed by atoms with van der Waals surface area (Å²) >= 11 is 0. The summed E-state index contributed by atoms with van der Waals surface area (Å²) in [6.07, 6.45) is 12.6. The molecule has 0 atom stereocenters. The van der Waals surface area contributed by atoms with Gasteiger partial charge in [0.15, 0.2) is 0 Å². The Balaban J connectivity index is 1.02. The molecule has 0 heterocycles. The molecule has 3 nitrogen and oxygen atoms in total. The van der Waals surface area contributed by atoms with Gasteiger partial charge in [-0.15, -0.1) is 0 Å².